The number of imide groups is 3. The van der Waals surface area contributed by atoms with Gasteiger partial charge in [-0.1, -0.05) is 45.5 Å². The van der Waals surface area contributed by atoms with Crippen LogP contribution in [0.4, 0.5) is 21.0 Å². The Bertz CT molecular complexity index is 2380. The molecule has 0 radical (unpaired) electrons. The third kappa shape index (κ3) is 14.6. The SMILES string of the molecule is CC(=O)N1CCN(c2cc(Cl)ccc2CN2CCN(C(=O)ON3C(=O)CCC3=O)CC2)CC1.CC(=O)N1CCN(c2cc(Cl)ccc2CN2CCNCC2)CC1.O=C(ON1C(=O)CCC1=O)ON1C(=O)CCC1=O. The first-order valence-corrected chi connectivity index (χ1v) is 25.4. The number of piperazine rings is 4. The Balaban J connectivity index is 0.000000171. The maximum Gasteiger partial charge on any atom is 0.560 e. The molecule has 7 aliphatic rings. The van der Waals surface area contributed by atoms with Crippen molar-refractivity contribution in [2.45, 2.75) is 65.5 Å². The number of hydrogen-bond donors (Lipinski definition) is 1. The van der Waals surface area contributed by atoms with E-state index in [1.807, 2.05) is 34.1 Å². The van der Waals surface area contributed by atoms with E-state index in [4.69, 9.17) is 28.0 Å². The summed E-state index contributed by atoms with van der Waals surface area (Å²) in [6.07, 6.45) is -2.25. The van der Waals surface area contributed by atoms with Crippen molar-refractivity contribution in [1.29, 1.82) is 0 Å². The van der Waals surface area contributed by atoms with Gasteiger partial charge < -0.3 is 34.7 Å². The summed E-state index contributed by atoms with van der Waals surface area (Å²) in [6, 6.07) is 12.1. The van der Waals surface area contributed by atoms with Crippen molar-refractivity contribution >= 4 is 94.1 Å². The number of halogens is 2. The highest BCUT2D eigenvalue weighted by atomic mass is 35.5. The summed E-state index contributed by atoms with van der Waals surface area (Å²) in [7, 11) is 0. The van der Waals surface area contributed by atoms with Crippen molar-refractivity contribution in [2.24, 2.45) is 0 Å². The smallest absolute Gasteiger partial charge is 0.368 e. The second-order valence-electron chi connectivity index (χ2n) is 18.4. The molecule has 9 rings (SSSR count). The number of nitrogens with zero attached hydrogens (tertiary/aromatic N) is 10. The molecule has 7 fully saturated rings. The molecule has 7 aliphatic heterocycles. The van der Waals surface area contributed by atoms with E-state index in [2.05, 4.69) is 46.7 Å². The predicted octanol–water partition coefficient (Wildman–Crippen LogP) is 2.01. The van der Waals surface area contributed by atoms with Crippen molar-refractivity contribution in [3.63, 3.8) is 0 Å². The summed E-state index contributed by atoms with van der Waals surface area (Å²) in [6.45, 7) is 17.5. The van der Waals surface area contributed by atoms with E-state index < -0.39 is 47.7 Å². The van der Waals surface area contributed by atoms with E-state index in [0.29, 0.717) is 55.9 Å². The number of carbonyl (C=O) groups excluding carboxylic acids is 10. The van der Waals surface area contributed by atoms with Crippen molar-refractivity contribution in [2.75, 3.05) is 115 Å². The second-order valence-corrected chi connectivity index (χ2v) is 19.2. The molecular weight excluding hydrogens is 1010 g/mol. The van der Waals surface area contributed by atoms with E-state index in [1.165, 1.54) is 16.2 Å². The number of amides is 9. The average Bonchev–Trinajstić information content (AvgIpc) is 4.01. The Kier molecular flexibility index (Phi) is 19.1. The maximum atomic E-state index is 12.4. The molecule has 2 aromatic carbocycles. The zero-order valence-electron chi connectivity index (χ0n) is 41.5. The highest BCUT2D eigenvalue weighted by Gasteiger charge is 2.38. The first kappa shape index (κ1) is 55.2. The lowest BCUT2D eigenvalue weighted by Gasteiger charge is -2.38. The molecule has 0 aromatic heterocycles. The minimum Gasteiger partial charge on any atom is -0.368 e. The zero-order chi connectivity index (χ0) is 53.1. The number of carbonyl (C=O) groups is 10. The van der Waals surface area contributed by atoms with Gasteiger partial charge in [0.25, 0.3) is 35.4 Å². The molecule has 0 saturated carbocycles. The number of nitrogens with one attached hydrogen (secondary N) is 1. The molecule has 24 nitrogen and oxygen atoms in total. The maximum absolute atomic E-state index is 12.4. The molecule has 2 aromatic rings. The Morgan fingerprint density at radius 2 is 0.797 bits per heavy atom. The van der Waals surface area contributed by atoms with Gasteiger partial charge in [-0.15, -0.1) is 5.06 Å². The molecule has 7 saturated heterocycles. The highest BCUT2D eigenvalue weighted by Crippen LogP contribution is 2.30. The molecule has 7 heterocycles. The molecule has 0 atom stereocenters. The van der Waals surface area contributed by atoms with Crippen LogP contribution in [0, 0.1) is 0 Å². The predicted molar refractivity (Wildman–Crippen MR) is 264 cm³/mol. The van der Waals surface area contributed by atoms with Gasteiger partial charge in [-0.05, 0) is 35.4 Å². The molecule has 0 unspecified atom stereocenters. The van der Waals surface area contributed by atoms with E-state index in [0.717, 1.165) is 88.3 Å². The molecule has 0 aliphatic carbocycles. The van der Waals surface area contributed by atoms with Crippen LogP contribution in [0.3, 0.4) is 0 Å². The van der Waals surface area contributed by atoms with Crippen molar-refractivity contribution in [3.05, 3.63) is 57.6 Å². The normalized spacial score (nSPS) is 19.9. The van der Waals surface area contributed by atoms with Gasteiger partial charge in [0.05, 0.1) is 0 Å². The topological polar surface area (TPSA) is 243 Å². The highest BCUT2D eigenvalue weighted by molar-refractivity contribution is 6.31. The van der Waals surface area contributed by atoms with Gasteiger partial charge in [-0.25, -0.2) is 4.79 Å². The fourth-order valence-corrected chi connectivity index (χ4v) is 9.50. The van der Waals surface area contributed by atoms with Crippen LogP contribution in [0.1, 0.15) is 63.5 Å². The first-order valence-electron chi connectivity index (χ1n) is 24.6. The van der Waals surface area contributed by atoms with Crippen molar-refractivity contribution < 1.29 is 62.5 Å². The monoisotopic (exact) mass is 1070 g/mol. The minimum absolute atomic E-state index is 0.0618. The average molecular weight is 1070 g/mol. The first-order chi connectivity index (χ1) is 35.4. The lowest BCUT2D eigenvalue weighted by molar-refractivity contribution is -0.198. The fraction of sp³-hybridized carbons (Fsp3) is 0.542. The number of hydrogen-bond acceptors (Lipinski definition) is 18. The van der Waals surface area contributed by atoms with Crippen LogP contribution in [-0.4, -0.2) is 204 Å². The molecule has 26 heteroatoms. The van der Waals surface area contributed by atoms with Crippen LogP contribution in [0.25, 0.3) is 0 Å². The third-order valence-electron chi connectivity index (χ3n) is 13.4. The molecule has 400 valence electrons. The standard InChI is InChI=1S/C22H28ClN5O5.C17H25ClN4O.C9H8N2O7/c1-16(29)25-10-12-26(13-11-25)19-14-18(23)3-2-17(19)15-24-6-8-27(9-7-24)22(32)33-28-20(30)4-5-21(28)31;1-14(23)21-8-10-22(11-9-21)17-12-16(18)3-2-15(17)13-20-6-4-19-5-7-20;12-5-1-2-6(13)10(5)17-9(16)18-11-7(14)3-4-8(11)15/h2-3,14H,4-13,15H2,1H3;2-3,12,19H,4-11,13H2,1H3;1-4H2. The molecule has 0 spiro atoms. The van der Waals surface area contributed by atoms with E-state index in [-0.39, 0.29) is 60.5 Å². The molecular formula is C48H61Cl2N11O13. The fourth-order valence-electron chi connectivity index (χ4n) is 9.17. The Labute approximate surface area is 437 Å². The van der Waals surface area contributed by atoms with Gasteiger partial charge >= 0.3 is 12.2 Å². The van der Waals surface area contributed by atoms with Crippen molar-refractivity contribution in [3.8, 4) is 0 Å². The summed E-state index contributed by atoms with van der Waals surface area (Å²) >= 11 is 12.5. The van der Waals surface area contributed by atoms with Gasteiger partial charge in [0.1, 0.15) is 0 Å². The van der Waals surface area contributed by atoms with Gasteiger partial charge in [0.2, 0.25) is 11.8 Å². The molecule has 74 heavy (non-hydrogen) atoms. The van der Waals surface area contributed by atoms with Gasteiger partial charge in [-0.3, -0.25) is 57.8 Å². The van der Waals surface area contributed by atoms with Gasteiger partial charge in [0.15, 0.2) is 0 Å². The van der Waals surface area contributed by atoms with Crippen LogP contribution >= 0.6 is 23.2 Å². The third-order valence-corrected chi connectivity index (χ3v) is 13.8. The van der Waals surface area contributed by atoms with E-state index in [1.54, 1.807) is 13.8 Å². The van der Waals surface area contributed by atoms with Gasteiger partial charge in [0, 0.05) is 192 Å². The zero-order valence-corrected chi connectivity index (χ0v) is 43.0. The Hall–Kier alpha value is -6.60. The number of hydroxylamine groups is 6. The Morgan fingerprint density at radius 1 is 0.459 bits per heavy atom. The van der Waals surface area contributed by atoms with E-state index >= 15 is 0 Å². The minimum atomic E-state index is -1.48. The van der Waals surface area contributed by atoms with Crippen LogP contribution in [0.2, 0.25) is 10.0 Å². The largest absolute Gasteiger partial charge is 0.560 e. The van der Waals surface area contributed by atoms with Crippen molar-refractivity contribution in [1.82, 2.24) is 45.0 Å². The molecule has 1 N–H and O–H groups in total. The van der Waals surface area contributed by atoms with Gasteiger partial charge in [-0.2, -0.15) is 4.79 Å². The number of benzene rings is 2. The Morgan fingerprint density at radius 3 is 1.16 bits per heavy atom. The summed E-state index contributed by atoms with van der Waals surface area (Å²) in [5, 5.41) is 5.93. The second kappa shape index (κ2) is 25.6. The van der Waals surface area contributed by atoms with Crippen LogP contribution in [-0.2, 0) is 66.0 Å². The van der Waals surface area contributed by atoms with E-state index in [9.17, 15) is 47.9 Å². The lowest BCUT2D eigenvalue weighted by Crippen LogP contribution is -2.50. The van der Waals surface area contributed by atoms with Crippen LogP contribution in [0.15, 0.2) is 36.4 Å². The number of rotatable bonds is 9. The van der Waals surface area contributed by atoms with Crippen LogP contribution < -0.4 is 15.1 Å². The quantitative estimate of drug-likeness (QED) is 0.353. The molecule has 0 bridgehead atoms. The summed E-state index contributed by atoms with van der Waals surface area (Å²) in [4.78, 5) is 143. The summed E-state index contributed by atoms with van der Waals surface area (Å²) in [5.74, 6) is -3.44. The van der Waals surface area contributed by atoms with Crippen LogP contribution in [0.5, 0.6) is 0 Å². The number of anilines is 2. The lowest BCUT2D eigenvalue weighted by atomic mass is 10.1. The molecule has 9 amide bonds. The summed E-state index contributed by atoms with van der Waals surface area (Å²) in [5.41, 5.74) is 4.75. The summed E-state index contributed by atoms with van der Waals surface area (Å²) < 4.78 is 0.